The molecule has 2 aromatic heterocycles. The number of alkyl halides is 1. The molecule has 3 heterocycles. The van der Waals surface area contributed by atoms with Crippen molar-refractivity contribution in [1.82, 2.24) is 5.01 Å². The van der Waals surface area contributed by atoms with E-state index in [4.69, 9.17) is 20.4 Å². The first-order valence-electron chi connectivity index (χ1n) is 8.02. The molecule has 4 rings (SSSR count). The van der Waals surface area contributed by atoms with Crippen LogP contribution < -0.4 is 0 Å². The van der Waals surface area contributed by atoms with Crippen LogP contribution in [-0.4, -0.2) is 22.5 Å². The summed E-state index contributed by atoms with van der Waals surface area (Å²) in [5.74, 6) is 1.36. The molecular weight excluding hydrogens is 328 g/mol. The van der Waals surface area contributed by atoms with Crippen LogP contribution in [0.3, 0.4) is 0 Å². The lowest BCUT2D eigenvalue weighted by atomic mass is 9.79. The number of allylic oxidation sites excluding steroid dienone is 1. The Hall–Kier alpha value is -2.27. The molecule has 0 radical (unpaired) electrons. The van der Waals surface area contributed by atoms with Gasteiger partial charge in [0.1, 0.15) is 23.4 Å². The molecule has 2 aliphatic rings. The third-order valence-corrected chi connectivity index (χ3v) is 4.79. The summed E-state index contributed by atoms with van der Waals surface area (Å²) in [5.41, 5.74) is 2.06. The average molecular weight is 345 g/mol. The van der Waals surface area contributed by atoms with Crippen molar-refractivity contribution in [3.05, 3.63) is 53.9 Å². The molecule has 1 saturated carbocycles. The lowest BCUT2D eigenvalue weighted by molar-refractivity contribution is -0.131. The maximum Gasteiger partial charge on any atom is 0.258 e. The fraction of sp³-hybridized carbons (Fsp3) is 0.333. The van der Waals surface area contributed by atoms with Crippen LogP contribution in [0.5, 0.6) is 0 Å². The minimum atomic E-state index is -0.221. The number of halogens is 1. The van der Waals surface area contributed by atoms with Gasteiger partial charge in [-0.05, 0) is 55.2 Å². The number of carbonyl (C=O) groups is 1. The van der Waals surface area contributed by atoms with Crippen molar-refractivity contribution in [1.29, 1.82) is 0 Å². The van der Waals surface area contributed by atoms with Gasteiger partial charge in [0.05, 0.1) is 18.2 Å². The number of nitrogens with zero attached hydrogens (tertiary/aromatic N) is 2. The maximum absolute atomic E-state index is 12.3. The fourth-order valence-corrected chi connectivity index (χ4v) is 3.67. The summed E-state index contributed by atoms with van der Waals surface area (Å²) in [6, 6.07) is 7.28. The van der Waals surface area contributed by atoms with E-state index in [1.54, 1.807) is 12.5 Å². The molecule has 1 amide bonds. The molecule has 0 saturated heterocycles. The lowest BCUT2D eigenvalue weighted by Crippen LogP contribution is -2.32. The van der Waals surface area contributed by atoms with Gasteiger partial charge in [-0.3, -0.25) is 4.79 Å². The van der Waals surface area contributed by atoms with Crippen LogP contribution in [0.1, 0.15) is 36.8 Å². The van der Waals surface area contributed by atoms with E-state index >= 15 is 0 Å². The van der Waals surface area contributed by atoms with Gasteiger partial charge < -0.3 is 8.83 Å². The average Bonchev–Trinajstić information content (AvgIpc) is 3.33. The SMILES string of the molecule is O=C(CCl)N1N=C2/C(=C/c3ccco3)CCCC2C1c1ccco1. The van der Waals surface area contributed by atoms with E-state index in [9.17, 15) is 4.79 Å². The zero-order chi connectivity index (χ0) is 16.5. The molecule has 124 valence electrons. The molecule has 1 aliphatic heterocycles. The van der Waals surface area contributed by atoms with E-state index < -0.39 is 0 Å². The highest BCUT2D eigenvalue weighted by atomic mass is 35.5. The quantitative estimate of drug-likeness (QED) is 0.783. The van der Waals surface area contributed by atoms with Gasteiger partial charge in [-0.15, -0.1) is 11.6 Å². The predicted molar refractivity (Wildman–Crippen MR) is 90.5 cm³/mol. The maximum atomic E-state index is 12.3. The molecule has 0 spiro atoms. The Kier molecular flexibility index (Phi) is 4.02. The molecule has 0 bridgehead atoms. The van der Waals surface area contributed by atoms with E-state index in [2.05, 4.69) is 5.10 Å². The van der Waals surface area contributed by atoms with Crippen LogP contribution in [-0.2, 0) is 4.79 Å². The van der Waals surface area contributed by atoms with Gasteiger partial charge in [0.15, 0.2) is 0 Å². The lowest BCUT2D eigenvalue weighted by Gasteiger charge is -2.27. The highest BCUT2D eigenvalue weighted by Crippen LogP contribution is 2.44. The number of hydrogen-bond donors (Lipinski definition) is 0. The standard InChI is InChI=1S/C18H17ClN2O3/c19-11-16(22)21-18(15-7-3-9-24-15)14-6-1-4-12(17(14)20-21)10-13-5-2-8-23-13/h2-3,5,7-10,14,18H,1,4,6,11H2/b12-10+. The van der Waals surface area contributed by atoms with E-state index in [1.165, 1.54) is 5.01 Å². The molecule has 0 N–H and O–H groups in total. The highest BCUT2D eigenvalue weighted by Gasteiger charge is 2.44. The summed E-state index contributed by atoms with van der Waals surface area (Å²) in [7, 11) is 0. The number of furan rings is 2. The second-order valence-corrected chi connectivity index (χ2v) is 6.27. The number of fused-ring (bicyclic) bond motifs is 1. The van der Waals surface area contributed by atoms with E-state index in [0.29, 0.717) is 0 Å². The number of carbonyl (C=O) groups excluding carboxylic acids is 1. The first-order chi connectivity index (χ1) is 11.8. The number of amides is 1. The van der Waals surface area contributed by atoms with Gasteiger partial charge in [-0.1, -0.05) is 0 Å². The third kappa shape index (κ3) is 2.59. The van der Waals surface area contributed by atoms with Crippen molar-refractivity contribution in [3.63, 3.8) is 0 Å². The summed E-state index contributed by atoms with van der Waals surface area (Å²) >= 11 is 5.79. The van der Waals surface area contributed by atoms with Crippen LogP contribution >= 0.6 is 11.6 Å². The molecule has 1 aliphatic carbocycles. The van der Waals surface area contributed by atoms with Crippen molar-refractivity contribution in [2.75, 3.05) is 5.88 Å². The fourth-order valence-electron chi connectivity index (χ4n) is 3.55. The number of hydrazone groups is 1. The third-order valence-electron chi connectivity index (χ3n) is 4.57. The Labute approximate surface area is 144 Å². The second-order valence-electron chi connectivity index (χ2n) is 6.00. The Morgan fingerprint density at radius 1 is 1.33 bits per heavy atom. The van der Waals surface area contributed by atoms with Gasteiger partial charge in [0.25, 0.3) is 5.91 Å². The van der Waals surface area contributed by atoms with Crippen molar-refractivity contribution in [3.8, 4) is 0 Å². The molecular formula is C18H17ClN2O3. The molecule has 24 heavy (non-hydrogen) atoms. The van der Waals surface area contributed by atoms with E-state index in [1.807, 2.05) is 30.3 Å². The summed E-state index contributed by atoms with van der Waals surface area (Å²) in [6.07, 6.45) is 8.21. The molecule has 1 fully saturated rings. The van der Waals surface area contributed by atoms with Crippen LogP contribution in [0.25, 0.3) is 6.08 Å². The molecule has 0 aromatic carbocycles. The second kappa shape index (κ2) is 6.32. The summed E-state index contributed by atoms with van der Waals surface area (Å²) in [5, 5.41) is 6.12. The van der Waals surface area contributed by atoms with Gasteiger partial charge in [0.2, 0.25) is 0 Å². The Morgan fingerprint density at radius 2 is 2.17 bits per heavy atom. The molecule has 6 heteroatoms. The smallest absolute Gasteiger partial charge is 0.258 e. The Bertz CT molecular complexity index is 777. The molecule has 2 aromatic rings. The summed E-state index contributed by atoms with van der Waals surface area (Å²) in [6.45, 7) is 0. The van der Waals surface area contributed by atoms with Gasteiger partial charge in [-0.25, -0.2) is 5.01 Å². The van der Waals surface area contributed by atoms with Gasteiger partial charge in [-0.2, -0.15) is 5.10 Å². The molecule has 2 atom stereocenters. The molecule has 2 unspecified atom stereocenters. The zero-order valence-electron chi connectivity index (χ0n) is 13.0. The monoisotopic (exact) mass is 344 g/mol. The largest absolute Gasteiger partial charge is 0.467 e. The minimum Gasteiger partial charge on any atom is -0.467 e. The van der Waals surface area contributed by atoms with Gasteiger partial charge >= 0.3 is 0 Å². The Balaban J connectivity index is 1.74. The first kappa shape index (κ1) is 15.3. The zero-order valence-corrected chi connectivity index (χ0v) is 13.8. The predicted octanol–water partition coefficient (Wildman–Crippen LogP) is 4.23. The van der Waals surface area contributed by atoms with E-state index in [0.717, 1.165) is 42.1 Å². The van der Waals surface area contributed by atoms with Crippen LogP contribution in [0, 0.1) is 5.92 Å². The van der Waals surface area contributed by atoms with Crippen LogP contribution in [0.15, 0.2) is 56.3 Å². The van der Waals surface area contributed by atoms with Crippen LogP contribution in [0.2, 0.25) is 0 Å². The van der Waals surface area contributed by atoms with E-state index in [-0.39, 0.29) is 23.7 Å². The van der Waals surface area contributed by atoms with Crippen molar-refractivity contribution in [2.45, 2.75) is 25.3 Å². The normalized spacial score (nSPS) is 25.0. The van der Waals surface area contributed by atoms with Crippen molar-refractivity contribution < 1.29 is 13.6 Å². The summed E-state index contributed by atoms with van der Waals surface area (Å²) < 4.78 is 11.0. The topological polar surface area (TPSA) is 59.0 Å². The van der Waals surface area contributed by atoms with Crippen molar-refractivity contribution in [2.24, 2.45) is 11.0 Å². The first-order valence-corrected chi connectivity index (χ1v) is 8.56. The summed E-state index contributed by atoms with van der Waals surface area (Å²) in [4.78, 5) is 12.3. The minimum absolute atomic E-state index is 0.0993. The van der Waals surface area contributed by atoms with Gasteiger partial charge in [0, 0.05) is 5.92 Å². The number of rotatable bonds is 3. The Morgan fingerprint density at radius 3 is 2.88 bits per heavy atom. The molecule has 5 nitrogen and oxygen atoms in total. The van der Waals surface area contributed by atoms with Crippen LogP contribution in [0.4, 0.5) is 0 Å². The number of hydrogen-bond acceptors (Lipinski definition) is 4. The highest BCUT2D eigenvalue weighted by molar-refractivity contribution is 6.27. The van der Waals surface area contributed by atoms with Crippen molar-refractivity contribution >= 4 is 29.3 Å².